The highest BCUT2D eigenvalue weighted by Gasteiger charge is 2.20. The van der Waals surface area contributed by atoms with Crippen molar-refractivity contribution >= 4 is 34.8 Å². The first kappa shape index (κ1) is 21.5. The number of rotatable bonds is 7. The van der Waals surface area contributed by atoms with Crippen molar-refractivity contribution in [2.75, 3.05) is 25.5 Å². The summed E-state index contributed by atoms with van der Waals surface area (Å²) in [6.07, 6.45) is 4.22. The van der Waals surface area contributed by atoms with Gasteiger partial charge in [0.2, 0.25) is 0 Å². The summed E-state index contributed by atoms with van der Waals surface area (Å²) in [7, 11) is 0. The second kappa shape index (κ2) is 8.76. The maximum absolute atomic E-state index is 6.09. The van der Waals surface area contributed by atoms with Crippen molar-refractivity contribution in [1.82, 2.24) is 24.8 Å². The summed E-state index contributed by atoms with van der Waals surface area (Å²) in [5, 5.41) is 4.33. The molecule has 2 aromatic heterocycles. The Morgan fingerprint density at radius 3 is 2.68 bits per heavy atom. The number of aromatic nitrogens is 4. The minimum absolute atomic E-state index is 0.0747. The Balaban J connectivity index is 1.67. The fraction of sp³-hybridized carbons (Fsp3) is 0.409. The van der Waals surface area contributed by atoms with Crippen molar-refractivity contribution in [2.24, 2.45) is 0 Å². The number of hydrogen-bond donors (Lipinski definition) is 2. The van der Waals surface area contributed by atoms with Crippen LogP contribution in [0.25, 0.3) is 17.2 Å². The molecule has 0 spiro atoms. The number of nitrogens with zero attached hydrogens (tertiary/aromatic N) is 4. The highest BCUT2D eigenvalue weighted by molar-refractivity contribution is 7.99. The van der Waals surface area contributed by atoms with E-state index in [1.165, 1.54) is 18.1 Å². The molecule has 31 heavy (non-hydrogen) atoms. The summed E-state index contributed by atoms with van der Waals surface area (Å²) in [6, 6.07) is 3.94. The van der Waals surface area contributed by atoms with Gasteiger partial charge in [0.1, 0.15) is 19.5 Å². The van der Waals surface area contributed by atoms with Gasteiger partial charge in [0.25, 0.3) is 0 Å². The first-order valence-corrected chi connectivity index (χ1v) is 11.1. The van der Waals surface area contributed by atoms with Crippen LogP contribution < -0.4 is 20.5 Å². The van der Waals surface area contributed by atoms with Crippen molar-refractivity contribution in [3.8, 4) is 11.5 Å². The summed E-state index contributed by atoms with van der Waals surface area (Å²) >= 11 is 1.54. The third-order valence-electron chi connectivity index (χ3n) is 4.83. The molecule has 4 rings (SSSR count). The van der Waals surface area contributed by atoms with E-state index in [4.69, 9.17) is 20.2 Å². The molecule has 0 saturated carbocycles. The SMILES string of the molecule is C=Cc1cc2c(cc1Sc1nc3c(N)ncnc3n1CCCNC(C)(C)C)OCCO2. The maximum Gasteiger partial charge on any atom is 0.175 e. The predicted molar refractivity (Wildman–Crippen MR) is 124 cm³/mol. The maximum atomic E-state index is 6.09. The molecule has 0 fully saturated rings. The zero-order valence-electron chi connectivity index (χ0n) is 18.1. The third-order valence-corrected chi connectivity index (χ3v) is 5.90. The van der Waals surface area contributed by atoms with Gasteiger partial charge in [0.15, 0.2) is 33.6 Å². The molecule has 164 valence electrons. The van der Waals surface area contributed by atoms with Gasteiger partial charge >= 0.3 is 0 Å². The standard InChI is InChI=1S/C22H28N6O2S/c1-5-14-11-15-16(30-10-9-29-15)12-17(14)31-21-27-18-19(23)24-13-25-20(18)28(21)8-6-7-26-22(2,3)4/h5,11-13,26H,1,6-10H2,2-4H3,(H2,23,24,25). The van der Waals surface area contributed by atoms with Gasteiger partial charge in [-0.25, -0.2) is 15.0 Å². The van der Waals surface area contributed by atoms with E-state index in [0.717, 1.165) is 52.3 Å². The largest absolute Gasteiger partial charge is 0.486 e. The molecule has 0 amide bonds. The van der Waals surface area contributed by atoms with Gasteiger partial charge in [-0.1, -0.05) is 24.4 Å². The van der Waals surface area contributed by atoms with Crippen molar-refractivity contribution in [1.29, 1.82) is 0 Å². The first-order chi connectivity index (χ1) is 14.9. The summed E-state index contributed by atoms with van der Waals surface area (Å²) in [5.41, 5.74) is 8.48. The fourth-order valence-electron chi connectivity index (χ4n) is 3.35. The van der Waals surface area contributed by atoms with E-state index in [1.807, 2.05) is 18.2 Å². The van der Waals surface area contributed by atoms with Gasteiger partial charge in [-0.3, -0.25) is 0 Å². The number of imidazole rings is 1. The van der Waals surface area contributed by atoms with Crippen LogP contribution in [0.4, 0.5) is 5.82 Å². The van der Waals surface area contributed by atoms with E-state index in [2.05, 4.69) is 47.2 Å². The fourth-order valence-corrected chi connectivity index (χ4v) is 4.39. The molecular formula is C22H28N6O2S. The lowest BCUT2D eigenvalue weighted by atomic mass is 10.1. The first-order valence-electron chi connectivity index (χ1n) is 10.3. The van der Waals surface area contributed by atoms with Gasteiger partial charge in [0.05, 0.1) is 0 Å². The van der Waals surface area contributed by atoms with E-state index < -0.39 is 0 Å². The molecule has 3 aromatic rings. The van der Waals surface area contributed by atoms with Crippen molar-refractivity contribution in [3.63, 3.8) is 0 Å². The number of nitrogens with one attached hydrogen (secondary N) is 1. The van der Waals surface area contributed by atoms with Crippen molar-refractivity contribution in [2.45, 2.75) is 49.3 Å². The van der Waals surface area contributed by atoms with Crippen molar-refractivity contribution in [3.05, 3.63) is 30.6 Å². The average molecular weight is 441 g/mol. The predicted octanol–water partition coefficient (Wildman–Crippen LogP) is 3.75. The molecule has 0 radical (unpaired) electrons. The zero-order valence-corrected chi connectivity index (χ0v) is 19.0. The summed E-state index contributed by atoms with van der Waals surface area (Å²) in [5.74, 6) is 1.85. The quantitative estimate of drug-likeness (QED) is 0.536. The van der Waals surface area contributed by atoms with E-state index >= 15 is 0 Å². The van der Waals surface area contributed by atoms with E-state index in [-0.39, 0.29) is 5.54 Å². The van der Waals surface area contributed by atoms with Gasteiger partial charge < -0.3 is 25.1 Å². The highest BCUT2D eigenvalue weighted by atomic mass is 32.2. The summed E-state index contributed by atoms with van der Waals surface area (Å²) < 4.78 is 13.6. The molecule has 0 unspecified atom stereocenters. The molecule has 0 atom stereocenters. The van der Waals surface area contributed by atoms with Gasteiger partial charge in [-0.05, 0) is 51.4 Å². The van der Waals surface area contributed by atoms with Crippen LogP contribution in [0, 0.1) is 0 Å². The molecule has 0 aliphatic carbocycles. The lowest BCUT2D eigenvalue weighted by Gasteiger charge is -2.21. The number of nitrogen functional groups attached to an aromatic ring is 1. The number of hydrogen-bond acceptors (Lipinski definition) is 8. The number of benzene rings is 1. The Morgan fingerprint density at radius 2 is 1.97 bits per heavy atom. The number of fused-ring (bicyclic) bond motifs is 2. The molecule has 3 heterocycles. The van der Waals surface area contributed by atoms with Gasteiger partial charge in [0, 0.05) is 17.0 Å². The molecule has 3 N–H and O–H groups in total. The van der Waals surface area contributed by atoms with Gasteiger partial charge in [-0.15, -0.1) is 0 Å². The smallest absolute Gasteiger partial charge is 0.175 e. The number of ether oxygens (including phenoxy) is 2. The van der Waals surface area contributed by atoms with E-state index in [1.54, 1.807) is 0 Å². The minimum atomic E-state index is 0.0747. The second-order valence-corrected chi connectivity index (χ2v) is 9.36. The van der Waals surface area contributed by atoms with Crippen LogP contribution >= 0.6 is 11.8 Å². The molecule has 1 aromatic carbocycles. The Hall–Kier alpha value is -2.78. The van der Waals surface area contributed by atoms with Crippen LogP contribution in [0.2, 0.25) is 0 Å². The normalized spacial score (nSPS) is 13.5. The lowest BCUT2D eigenvalue weighted by Crippen LogP contribution is -2.36. The number of nitrogens with two attached hydrogens (primary N) is 1. The molecule has 0 saturated heterocycles. The number of aryl methyl sites for hydroxylation is 1. The summed E-state index contributed by atoms with van der Waals surface area (Å²) in [4.78, 5) is 14.3. The van der Waals surface area contributed by atoms with Crippen LogP contribution in [-0.4, -0.2) is 44.8 Å². The van der Waals surface area contributed by atoms with Gasteiger partial charge in [-0.2, -0.15) is 0 Å². The van der Waals surface area contributed by atoms with Crippen LogP contribution in [-0.2, 0) is 6.54 Å². The zero-order chi connectivity index (χ0) is 22.0. The Morgan fingerprint density at radius 1 is 1.23 bits per heavy atom. The summed E-state index contributed by atoms with van der Waals surface area (Å²) in [6.45, 7) is 13.2. The average Bonchev–Trinajstić information content (AvgIpc) is 3.08. The Labute approximate surface area is 186 Å². The third kappa shape index (κ3) is 4.77. The minimum Gasteiger partial charge on any atom is -0.486 e. The molecule has 1 aliphatic rings. The van der Waals surface area contributed by atoms with Crippen LogP contribution in [0.3, 0.4) is 0 Å². The van der Waals surface area contributed by atoms with E-state index in [0.29, 0.717) is 24.5 Å². The Kier molecular flexibility index (Phi) is 6.06. The van der Waals surface area contributed by atoms with E-state index in [9.17, 15) is 0 Å². The monoisotopic (exact) mass is 440 g/mol. The Bertz CT molecular complexity index is 1110. The van der Waals surface area contributed by atoms with Crippen LogP contribution in [0.15, 0.2) is 35.1 Å². The molecular weight excluding hydrogens is 412 g/mol. The number of anilines is 1. The molecule has 8 nitrogen and oxygen atoms in total. The van der Waals surface area contributed by atoms with Crippen molar-refractivity contribution < 1.29 is 9.47 Å². The highest BCUT2D eigenvalue weighted by Crippen LogP contribution is 2.40. The lowest BCUT2D eigenvalue weighted by molar-refractivity contribution is 0.171. The molecule has 9 heteroatoms. The second-order valence-electron chi connectivity index (χ2n) is 8.35. The van der Waals surface area contributed by atoms with Crippen LogP contribution in [0.1, 0.15) is 32.8 Å². The topological polar surface area (TPSA) is 100 Å². The molecule has 1 aliphatic heterocycles. The molecule has 0 bridgehead atoms. The van der Waals surface area contributed by atoms with Crippen LogP contribution in [0.5, 0.6) is 11.5 Å².